The SMILES string of the molecule is CCC1CC(O)(c2nc(Br)cs2)CCO1. The van der Waals surface area contributed by atoms with Gasteiger partial charge in [0.25, 0.3) is 0 Å². The van der Waals surface area contributed by atoms with Gasteiger partial charge in [0.1, 0.15) is 15.2 Å². The average molecular weight is 292 g/mol. The van der Waals surface area contributed by atoms with E-state index in [0.29, 0.717) is 19.4 Å². The van der Waals surface area contributed by atoms with Crippen LogP contribution in [-0.4, -0.2) is 22.8 Å². The van der Waals surface area contributed by atoms with E-state index < -0.39 is 5.60 Å². The number of halogens is 1. The van der Waals surface area contributed by atoms with Gasteiger partial charge < -0.3 is 9.84 Å². The first kappa shape index (κ1) is 11.5. The van der Waals surface area contributed by atoms with E-state index >= 15 is 0 Å². The lowest BCUT2D eigenvalue weighted by Gasteiger charge is -2.35. The van der Waals surface area contributed by atoms with E-state index in [1.807, 2.05) is 5.38 Å². The second kappa shape index (κ2) is 4.49. The molecule has 84 valence electrons. The fourth-order valence-electron chi connectivity index (χ4n) is 1.86. The van der Waals surface area contributed by atoms with Crippen LogP contribution in [0.25, 0.3) is 0 Å². The summed E-state index contributed by atoms with van der Waals surface area (Å²) in [7, 11) is 0. The van der Waals surface area contributed by atoms with Crippen molar-refractivity contribution in [2.45, 2.75) is 37.9 Å². The summed E-state index contributed by atoms with van der Waals surface area (Å²) in [6, 6.07) is 0. The molecule has 2 atom stereocenters. The van der Waals surface area contributed by atoms with E-state index in [2.05, 4.69) is 27.8 Å². The van der Waals surface area contributed by atoms with Crippen LogP contribution in [0.3, 0.4) is 0 Å². The second-order valence-corrected chi connectivity index (χ2v) is 5.53. The molecule has 1 aliphatic heterocycles. The highest BCUT2D eigenvalue weighted by atomic mass is 79.9. The lowest BCUT2D eigenvalue weighted by Crippen LogP contribution is -2.38. The monoisotopic (exact) mass is 291 g/mol. The molecule has 0 radical (unpaired) electrons. The van der Waals surface area contributed by atoms with Gasteiger partial charge in [-0.3, -0.25) is 0 Å². The van der Waals surface area contributed by atoms with Crippen molar-refractivity contribution >= 4 is 27.3 Å². The van der Waals surface area contributed by atoms with Crippen LogP contribution in [0.5, 0.6) is 0 Å². The van der Waals surface area contributed by atoms with E-state index in [0.717, 1.165) is 16.0 Å². The molecule has 1 saturated heterocycles. The van der Waals surface area contributed by atoms with Gasteiger partial charge in [0.15, 0.2) is 0 Å². The molecule has 1 N–H and O–H groups in total. The molecule has 5 heteroatoms. The maximum Gasteiger partial charge on any atom is 0.126 e. The Balaban J connectivity index is 2.18. The zero-order valence-corrected chi connectivity index (χ0v) is 11.0. The molecule has 1 aliphatic rings. The number of aliphatic hydroxyl groups is 1. The van der Waals surface area contributed by atoms with Crippen molar-refractivity contribution in [1.29, 1.82) is 0 Å². The van der Waals surface area contributed by atoms with Crippen molar-refractivity contribution in [3.05, 3.63) is 15.0 Å². The number of ether oxygens (including phenoxy) is 1. The topological polar surface area (TPSA) is 42.4 Å². The first-order valence-corrected chi connectivity index (χ1v) is 6.77. The van der Waals surface area contributed by atoms with Gasteiger partial charge in [-0.1, -0.05) is 6.92 Å². The summed E-state index contributed by atoms with van der Waals surface area (Å²) in [4.78, 5) is 4.30. The van der Waals surface area contributed by atoms with E-state index in [1.54, 1.807) is 0 Å². The van der Waals surface area contributed by atoms with Crippen LogP contribution >= 0.6 is 27.3 Å². The van der Waals surface area contributed by atoms with Crippen LogP contribution in [0.4, 0.5) is 0 Å². The maximum absolute atomic E-state index is 10.5. The van der Waals surface area contributed by atoms with E-state index in [4.69, 9.17) is 4.74 Å². The Bertz CT molecular complexity index is 344. The maximum atomic E-state index is 10.5. The van der Waals surface area contributed by atoms with E-state index in [1.165, 1.54) is 11.3 Å². The minimum Gasteiger partial charge on any atom is -0.382 e. The van der Waals surface area contributed by atoms with Crippen molar-refractivity contribution in [1.82, 2.24) is 4.98 Å². The molecular weight excluding hydrogens is 278 g/mol. The summed E-state index contributed by atoms with van der Waals surface area (Å²) in [6.07, 6.45) is 2.40. The van der Waals surface area contributed by atoms with Crippen LogP contribution in [0.2, 0.25) is 0 Å². The summed E-state index contributed by atoms with van der Waals surface area (Å²) in [5.41, 5.74) is -0.782. The molecule has 1 aromatic rings. The highest BCUT2D eigenvalue weighted by molar-refractivity contribution is 9.10. The normalized spacial score (nSPS) is 31.8. The predicted octanol–water partition coefficient (Wildman–Crippen LogP) is 2.68. The minimum absolute atomic E-state index is 0.159. The Morgan fingerprint density at radius 1 is 1.80 bits per heavy atom. The van der Waals surface area contributed by atoms with Gasteiger partial charge in [-0.05, 0) is 22.4 Å². The van der Waals surface area contributed by atoms with Gasteiger partial charge in [0.2, 0.25) is 0 Å². The Morgan fingerprint density at radius 2 is 2.60 bits per heavy atom. The summed E-state index contributed by atoms with van der Waals surface area (Å²) >= 11 is 4.82. The van der Waals surface area contributed by atoms with Gasteiger partial charge in [-0.25, -0.2) is 4.98 Å². The van der Waals surface area contributed by atoms with Gasteiger partial charge in [0.05, 0.1) is 12.7 Å². The number of aromatic nitrogens is 1. The molecule has 0 amide bonds. The third-order valence-electron chi connectivity index (χ3n) is 2.76. The Hall–Kier alpha value is 0.0300. The van der Waals surface area contributed by atoms with Gasteiger partial charge in [0, 0.05) is 18.2 Å². The predicted molar refractivity (Wildman–Crippen MR) is 63.0 cm³/mol. The number of hydrogen-bond donors (Lipinski definition) is 1. The highest BCUT2D eigenvalue weighted by Gasteiger charge is 2.38. The van der Waals surface area contributed by atoms with Crippen molar-refractivity contribution < 1.29 is 9.84 Å². The van der Waals surface area contributed by atoms with Crippen LogP contribution in [0.1, 0.15) is 31.2 Å². The van der Waals surface area contributed by atoms with Crippen LogP contribution in [0, 0.1) is 0 Å². The Kier molecular flexibility index (Phi) is 3.45. The number of thiazole rings is 1. The standard InChI is InChI=1S/C10H14BrNO2S/c1-2-7-5-10(13,3-4-14-7)9-12-8(11)6-15-9/h6-7,13H,2-5H2,1H3. The van der Waals surface area contributed by atoms with Crippen LogP contribution < -0.4 is 0 Å². The summed E-state index contributed by atoms with van der Waals surface area (Å²) in [5.74, 6) is 0. The van der Waals surface area contributed by atoms with Crippen molar-refractivity contribution in [3.63, 3.8) is 0 Å². The zero-order valence-electron chi connectivity index (χ0n) is 8.57. The molecule has 0 aromatic carbocycles. The molecule has 0 spiro atoms. The molecule has 3 nitrogen and oxygen atoms in total. The van der Waals surface area contributed by atoms with Crippen LogP contribution in [-0.2, 0) is 10.3 Å². The van der Waals surface area contributed by atoms with Crippen molar-refractivity contribution in [3.8, 4) is 0 Å². The van der Waals surface area contributed by atoms with Crippen molar-refractivity contribution in [2.75, 3.05) is 6.61 Å². The minimum atomic E-state index is -0.782. The molecule has 15 heavy (non-hydrogen) atoms. The largest absolute Gasteiger partial charge is 0.382 e. The second-order valence-electron chi connectivity index (χ2n) is 3.86. The van der Waals surface area contributed by atoms with Crippen molar-refractivity contribution in [2.24, 2.45) is 0 Å². The first-order chi connectivity index (χ1) is 7.14. The molecule has 0 saturated carbocycles. The molecular formula is C10H14BrNO2S. The summed E-state index contributed by atoms with van der Waals surface area (Å²) in [5, 5.41) is 13.2. The fourth-order valence-corrected chi connectivity index (χ4v) is 3.25. The Morgan fingerprint density at radius 3 is 3.20 bits per heavy atom. The highest BCUT2D eigenvalue weighted by Crippen LogP contribution is 2.37. The first-order valence-electron chi connectivity index (χ1n) is 5.09. The van der Waals surface area contributed by atoms with E-state index in [9.17, 15) is 5.11 Å². The quantitative estimate of drug-likeness (QED) is 0.911. The molecule has 0 aliphatic carbocycles. The van der Waals surface area contributed by atoms with Gasteiger partial charge in [-0.2, -0.15) is 0 Å². The third kappa shape index (κ3) is 2.41. The smallest absolute Gasteiger partial charge is 0.126 e. The zero-order chi connectivity index (χ0) is 10.9. The van der Waals surface area contributed by atoms with Gasteiger partial charge in [-0.15, -0.1) is 11.3 Å². The molecule has 0 bridgehead atoms. The Labute approximate surface area is 102 Å². The third-order valence-corrected chi connectivity index (χ3v) is 4.51. The van der Waals surface area contributed by atoms with Crippen LogP contribution in [0.15, 0.2) is 9.98 Å². The number of rotatable bonds is 2. The molecule has 2 unspecified atom stereocenters. The molecule has 2 heterocycles. The molecule has 2 rings (SSSR count). The van der Waals surface area contributed by atoms with Gasteiger partial charge >= 0.3 is 0 Å². The van der Waals surface area contributed by atoms with E-state index in [-0.39, 0.29) is 6.10 Å². The average Bonchev–Trinajstić information content (AvgIpc) is 2.65. The molecule has 1 fully saturated rings. The lowest BCUT2D eigenvalue weighted by atomic mass is 9.90. The molecule has 1 aromatic heterocycles. The lowest BCUT2D eigenvalue weighted by molar-refractivity contribution is -0.108. The summed E-state index contributed by atoms with van der Waals surface area (Å²) < 4.78 is 6.36. The fraction of sp³-hybridized carbons (Fsp3) is 0.700. The summed E-state index contributed by atoms with van der Waals surface area (Å²) in [6.45, 7) is 2.69. The number of hydrogen-bond acceptors (Lipinski definition) is 4. The number of nitrogens with zero attached hydrogens (tertiary/aromatic N) is 1.